The number of aromatic nitrogens is 3. The number of fused-ring (bicyclic) bond motifs is 8. The molecule has 6 aromatic carbocycles. The lowest BCUT2D eigenvalue weighted by molar-refractivity contribution is 0.670. The lowest BCUT2D eigenvalue weighted by Gasteiger charge is -2.21. The van der Waals surface area contributed by atoms with Gasteiger partial charge in [-0.05, 0) is 68.3 Å². The van der Waals surface area contributed by atoms with Gasteiger partial charge in [-0.15, -0.1) is 0 Å². The molecule has 4 heteroatoms. The van der Waals surface area contributed by atoms with Crippen LogP contribution in [0.25, 0.3) is 94.7 Å². The lowest BCUT2D eigenvalue weighted by atomic mass is 9.84. The van der Waals surface area contributed by atoms with E-state index in [-0.39, 0.29) is 0 Å². The first-order valence-corrected chi connectivity index (χ1v) is 17.5. The molecule has 4 nitrogen and oxygen atoms in total. The van der Waals surface area contributed by atoms with Gasteiger partial charge >= 0.3 is 0 Å². The Balaban J connectivity index is 1.07. The summed E-state index contributed by atoms with van der Waals surface area (Å²) in [6, 6.07) is 42.5. The highest BCUT2D eigenvalue weighted by Gasteiger charge is 2.26. The molecule has 11 rings (SSSR count). The van der Waals surface area contributed by atoms with E-state index in [0.717, 1.165) is 45.0 Å². The second-order valence-corrected chi connectivity index (χ2v) is 13.5. The van der Waals surface area contributed by atoms with E-state index in [2.05, 4.69) is 127 Å². The van der Waals surface area contributed by atoms with Crippen molar-refractivity contribution in [2.75, 3.05) is 0 Å². The second kappa shape index (κ2) is 10.9. The van der Waals surface area contributed by atoms with Crippen molar-refractivity contribution < 1.29 is 4.42 Å². The molecule has 0 bridgehead atoms. The molecule has 1 atom stereocenters. The minimum Gasteiger partial charge on any atom is -0.455 e. The fourth-order valence-electron chi connectivity index (χ4n) is 8.15. The van der Waals surface area contributed by atoms with Crippen LogP contribution in [0.2, 0.25) is 0 Å². The first-order valence-electron chi connectivity index (χ1n) is 17.5. The molecular weight excluding hydrogens is 623 g/mol. The number of hydrogen-bond acceptors (Lipinski definition) is 4. The molecular formula is C47H29N3O. The van der Waals surface area contributed by atoms with Gasteiger partial charge in [0.1, 0.15) is 11.2 Å². The fourth-order valence-corrected chi connectivity index (χ4v) is 8.15. The van der Waals surface area contributed by atoms with E-state index in [1.807, 2.05) is 30.3 Å². The van der Waals surface area contributed by atoms with Gasteiger partial charge in [0.05, 0.1) is 5.56 Å². The zero-order valence-electron chi connectivity index (χ0n) is 27.5. The lowest BCUT2D eigenvalue weighted by Crippen LogP contribution is -2.05. The van der Waals surface area contributed by atoms with Gasteiger partial charge in [0, 0.05) is 27.8 Å². The van der Waals surface area contributed by atoms with Crippen LogP contribution in [-0.2, 0) is 0 Å². The third-order valence-electron chi connectivity index (χ3n) is 10.6. The average molecular weight is 652 g/mol. The maximum atomic E-state index is 6.82. The summed E-state index contributed by atoms with van der Waals surface area (Å²) in [6.07, 6.45) is 14.4. The average Bonchev–Trinajstić information content (AvgIpc) is 3.75. The van der Waals surface area contributed by atoms with Crippen molar-refractivity contribution in [2.45, 2.75) is 6.42 Å². The van der Waals surface area contributed by atoms with Crippen molar-refractivity contribution in [3.8, 4) is 56.4 Å². The number of para-hydroxylation sites is 1. The molecule has 3 aliphatic rings. The number of rotatable bonds is 4. The van der Waals surface area contributed by atoms with Crippen LogP contribution in [0.4, 0.5) is 0 Å². The monoisotopic (exact) mass is 651 g/mol. The van der Waals surface area contributed by atoms with Gasteiger partial charge in [-0.2, -0.15) is 0 Å². The van der Waals surface area contributed by atoms with Crippen LogP contribution in [0.15, 0.2) is 168 Å². The Labute approximate surface area is 294 Å². The minimum atomic E-state index is 0.473. The van der Waals surface area contributed by atoms with Gasteiger partial charge in [-0.1, -0.05) is 146 Å². The largest absolute Gasteiger partial charge is 0.455 e. The first kappa shape index (κ1) is 28.2. The van der Waals surface area contributed by atoms with Gasteiger partial charge in [0.25, 0.3) is 0 Å². The van der Waals surface area contributed by atoms with Gasteiger partial charge in [-0.3, -0.25) is 0 Å². The smallest absolute Gasteiger partial charge is 0.167 e. The highest BCUT2D eigenvalue weighted by atomic mass is 16.3. The summed E-state index contributed by atoms with van der Waals surface area (Å²) in [4.78, 5) is 15.2. The van der Waals surface area contributed by atoms with Crippen LogP contribution in [0, 0.1) is 5.92 Å². The Morgan fingerprint density at radius 3 is 2.02 bits per heavy atom. The first-order chi connectivity index (χ1) is 25.3. The summed E-state index contributed by atoms with van der Waals surface area (Å²) < 4.78 is 6.82. The molecule has 2 heterocycles. The predicted molar refractivity (Wildman–Crippen MR) is 208 cm³/mol. The molecule has 0 radical (unpaired) electrons. The van der Waals surface area contributed by atoms with E-state index in [1.165, 1.54) is 49.7 Å². The van der Waals surface area contributed by atoms with Gasteiger partial charge in [0.2, 0.25) is 0 Å². The third kappa shape index (κ3) is 4.36. The number of benzene rings is 6. The van der Waals surface area contributed by atoms with Gasteiger partial charge in [-0.25, -0.2) is 15.0 Å². The summed E-state index contributed by atoms with van der Waals surface area (Å²) in [6.45, 7) is 0. The molecule has 8 aromatic rings. The summed E-state index contributed by atoms with van der Waals surface area (Å²) >= 11 is 0. The van der Waals surface area contributed by atoms with Crippen LogP contribution < -0.4 is 0 Å². The van der Waals surface area contributed by atoms with E-state index in [0.29, 0.717) is 23.4 Å². The van der Waals surface area contributed by atoms with E-state index in [4.69, 9.17) is 19.4 Å². The maximum Gasteiger partial charge on any atom is 0.167 e. The molecule has 0 spiro atoms. The molecule has 51 heavy (non-hydrogen) atoms. The fraction of sp³-hybridized carbons (Fsp3) is 0.0426. The molecule has 238 valence electrons. The van der Waals surface area contributed by atoms with Gasteiger partial charge in [0.15, 0.2) is 17.5 Å². The van der Waals surface area contributed by atoms with Crippen molar-refractivity contribution in [2.24, 2.45) is 5.92 Å². The van der Waals surface area contributed by atoms with Crippen molar-refractivity contribution in [3.05, 3.63) is 169 Å². The molecule has 1 unspecified atom stereocenters. The van der Waals surface area contributed by atoms with Gasteiger partial charge < -0.3 is 4.42 Å². The second-order valence-electron chi connectivity index (χ2n) is 13.5. The highest BCUT2D eigenvalue weighted by Crippen LogP contribution is 2.51. The normalized spacial score (nSPS) is 15.6. The summed E-state index contributed by atoms with van der Waals surface area (Å²) in [5, 5.41) is 4.65. The standard InChI is InChI=1S/C47H29N3O/c1-2-11-30(12-3-1)45-48-46(31-23-20-29(21-24-31)33-25-22-28-10-4-5-13-32(28)26-33)50-47(49-45)39-19-9-18-38-43-37-17-8-16-36-34-14-6-7-15-35(34)40(42(36)37)27-41(43)51-44(38)39/h1-21,23-28H,22H2. The van der Waals surface area contributed by atoms with Crippen LogP contribution >= 0.6 is 0 Å². The number of hydrogen-bond donors (Lipinski definition) is 0. The Hall–Kier alpha value is -6.65. The molecule has 0 saturated carbocycles. The van der Waals surface area contributed by atoms with Crippen molar-refractivity contribution >= 4 is 38.3 Å². The SMILES string of the molecule is C1=CC2=CC(c3ccc(-c4nc(-c5ccccc5)nc(-c5cccc6c5oc5cc7c8c(cccc8c56)-c5ccccc5-7)n4)cc3)=CCC2C=C1. The van der Waals surface area contributed by atoms with E-state index < -0.39 is 0 Å². The number of nitrogens with zero attached hydrogens (tertiary/aromatic N) is 3. The van der Waals surface area contributed by atoms with E-state index in [1.54, 1.807) is 0 Å². The highest BCUT2D eigenvalue weighted by molar-refractivity contribution is 6.28. The van der Waals surface area contributed by atoms with Crippen LogP contribution in [-0.4, -0.2) is 15.0 Å². The molecule has 2 aromatic heterocycles. The third-order valence-corrected chi connectivity index (χ3v) is 10.6. The summed E-state index contributed by atoms with van der Waals surface area (Å²) in [7, 11) is 0. The maximum absolute atomic E-state index is 6.82. The van der Waals surface area contributed by atoms with E-state index in [9.17, 15) is 0 Å². The number of allylic oxidation sites excluding steroid dienone is 8. The van der Waals surface area contributed by atoms with Crippen molar-refractivity contribution in [1.29, 1.82) is 0 Å². The number of furan rings is 1. The van der Waals surface area contributed by atoms with Crippen LogP contribution in [0.3, 0.4) is 0 Å². The molecule has 0 fully saturated rings. The Kier molecular flexibility index (Phi) is 6.05. The van der Waals surface area contributed by atoms with Crippen molar-refractivity contribution in [1.82, 2.24) is 15.0 Å². The Morgan fingerprint density at radius 1 is 0.529 bits per heavy atom. The molecule has 0 saturated heterocycles. The zero-order valence-corrected chi connectivity index (χ0v) is 27.5. The van der Waals surface area contributed by atoms with E-state index >= 15 is 0 Å². The molecule has 0 N–H and O–H groups in total. The van der Waals surface area contributed by atoms with Crippen LogP contribution in [0.1, 0.15) is 12.0 Å². The Bertz CT molecular complexity index is 2870. The quantitative estimate of drug-likeness (QED) is 0.190. The van der Waals surface area contributed by atoms with Crippen LogP contribution in [0.5, 0.6) is 0 Å². The zero-order chi connectivity index (χ0) is 33.5. The minimum absolute atomic E-state index is 0.473. The topological polar surface area (TPSA) is 51.8 Å². The predicted octanol–water partition coefficient (Wildman–Crippen LogP) is 12.0. The Morgan fingerprint density at radius 2 is 1.20 bits per heavy atom. The molecule has 3 aliphatic carbocycles. The van der Waals surface area contributed by atoms with Crippen molar-refractivity contribution in [3.63, 3.8) is 0 Å². The molecule has 0 amide bonds. The molecule has 0 aliphatic heterocycles. The summed E-state index contributed by atoms with van der Waals surface area (Å²) in [5.74, 6) is 2.30. The summed E-state index contributed by atoms with van der Waals surface area (Å²) in [5.41, 5.74) is 13.1.